The second kappa shape index (κ2) is 8.52. The van der Waals surface area contributed by atoms with Gasteiger partial charge in [-0.15, -0.1) is 11.3 Å². The van der Waals surface area contributed by atoms with Gasteiger partial charge in [0.2, 0.25) is 10.0 Å². The first-order valence-corrected chi connectivity index (χ1v) is 11.2. The average Bonchev–Trinajstić information content (AvgIpc) is 3.14. The number of carbonyl (C=O) groups is 1. The van der Waals surface area contributed by atoms with Crippen molar-refractivity contribution in [2.75, 3.05) is 19.6 Å². The molecule has 1 aromatic carbocycles. The number of amides is 1. The van der Waals surface area contributed by atoms with E-state index in [0.29, 0.717) is 25.2 Å². The van der Waals surface area contributed by atoms with Crippen molar-refractivity contribution in [3.63, 3.8) is 0 Å². The molecule has 1 amide bonds. The number of nitrogens with zero attached hydrogens (tertiary/aromatic N) is 1. The minimum absolute atomic E-state index is 0.142. The van der Waals surface area contributed by atoms with Gasteiger partial charge in [0.1, 0.15) is 0 Å². The Morgan fingerprint density at radius 3 is 2.44 bits per heavy atom. The molecule has 0 bridgehead atoms. The fourth-order valence-corrected chi connectivity index (χ4v) is 5.41. The summed E-state index contributed by atoms with van der Waals surface area (Å²) in [5.41, 5.74) is 0.448. The maximum atomic E-state index is 12.8. The largest absolute Gasteiger partial charge is 0.373 e. The molecule has 1 aromatic heterocycles. The Balaban J connectivity index is 1.62. The molecule has 1 fully saturated rings. The van der Waals surface area contributed by atoms with Gasteiger partial charge >= 0.3 is 0 Å². The molecule has 0 radical (unpaired) electrons. The molecule has 1 N–H and O–H groups in total. The van der Waals surface area contributed by atoms with Crippen molar-refractivity contribution < 1.29 is 17.9 Å². The monoisotopic (exact) mass is 408 g/mol. The molecular formula is C19H24N2O4S2. The molecule has 0 unspecified atom stereocenters. The Hall–Kier alpha value is -1.74. The van der Waals surface area contributed by atoms with Crippen LogP contribution >= 0.6 is 11.3 Å². The fourth-order valence-electron chi connectivity index (χ4n) is 3.11. The highest BCUT2D eigenvalue weighted by atomic mass is 32.2. The number of ether oxygens (including phenoxy) is 1. The number of rotatable bonds is 6. The van der Waals surface area contributed by atoms with E-state index in [2.05, 4.69) is 5.32 Å². The lowest BCUT2D eigenvalue weighted by molar-refractivity contribution is -0.0440. The molecule has 146 valence electrons. The van der Waals surface area contributed by atoms with Crippen LogP contribution in [0.25, 0.3) is 0 Å². The highest BCUT2D eigenvalue weighted by Crippen LogP contribution is 2.21. The van der Waals surface area contributed by atoms with Gasteiger partial charge in [-0.05, 0) is 56.0 Å². The standard InChI is InChI=1S/C19H24N2O4S2/c1-14-12-21(13-15(2)25-14)27(23,24)18-7-5-16(6-8-18)19(22)20-10-9-17-4-3-11-26-17/h3-8,11,14-15H,9-10,12-13H2,1-2H3,(H,20,22)/t14-,15+. The van der Waals surface area contributed by atoms with Gasteiger partial charge < -0.3 is 10.1 Å². The third-order valence-corrected chi connectivity index (χ3v) is 7.16. The fraction of sp³-hybridized carbons (Fsp3) is 0.421. The molecule has 3 rings (SSSR count). The van der Waals surface area contributed by atoms with E-state index in [1.54, 1.807) is 23.5 Å². The van der Waals surface area contributed by atoms with Gasteiger partial charge in [-0.2, -0.15) is 4.31 Å². The molecule has 0 spiro atoms. The molecular weight excluding hydrogens is 384 g/mol. The molecule has 1 saturated heterocycles. The first kappa shape index (κ1) is 20.0. The van der Waals surface area contributed by atoms with Crippen molar-refractivity contribution in [1.82, 2.24) is 9.62 Å². The van der Waals surface area contributed by atoms with Gasteiger partial charge in [-0.3, -0.25) is 4.79 Å². The predicted molar refractivity (Wildman–Crippen MR) is 106 cm³/mol. The Morgan fingerprint density at radius 2 is 1.85 bits per heavy atom. The minimum Gasteiger partial charge on any atom is -0.373 e. The number of sulfonamides is 1. The Bertz CT molecular complexity index is 854. The van der Waals surface area contributed by atoms with Gasteiger partial charge in [-0.1, -0.05) is 6.07 Å². The van der Waals surface area contributed by atoms with E-state index in [9.17, 15) is 13.2 Å². The Labute approximate surface area is 164 Å². The van der Waals surface area contributed by atoms with Crippen LogP contribution < -0.4 is 5.32 Å². The molecule has 1 aliphatic rings. The normalized spacial score (nSPS) is 21.1. The van der Waals surface area contributed by atoms with Crippen LogP contribution in [0.5, 0.6) is 0 Å². The topological polar surface area (TPSA) is 75.7 Å². The Kier molecular flexibility index (Phi) is 6.31. The summed E-state index contributed by atoms with van der Waals surface area (Å²) in [7, 11) is -3.59. The van der Waals surface area contributed by atoms with Gasteiger partial charge in [-0.25, -0.2) is 8.42 Å². The van der Waals surface area contributed by atoms with Gasteiger partial charge in [0.15, 0.2) is 0 Å². The van der Waals surface area contributed by atoms with E-state index in [4.69, 9.17) is 4.74 Å². The third-order valence-electron chi connectivity index (χ3n) is 4.38. The number of morpholine rings is 1. The van der Waals surface area contributed by atoms with Crippen LogP contribution in [0.15, 0.2) is 46.7 Å². The highest BCUT2D eigenvalue weighted by molar-refractivity contribution is 7.89. The zero-order chi connectivity index (χ0) is 19.4. The van der Waals surface area contributed by atoms with Crippen LogP contribution in [-0.2, 0) is 21.2 Å². The van der Waals surface area contributed by atoms with E-state index >= 15 is 0 Å². The van der Waals surface area contributed by atoms with Crippen molar-refractivity contribution in [3.8, 4) is 0 Å². The molecule has 8 heteroatoms. The van der Waals surface area contributed by atoms with Crippen LogP contribution in [0.3, 0.4) is 0 Å². The van der Waals surface area contributed by atoms with Crippen LogP contribution in [0, 0.1) is 0 Å². The van der Waals surface area contributed by atoms with Crippen molar-refractivity contribution >= 4 is 27.3 Å². The lowest BCUT2D eigenvalue weighted by Gasteiger charge is -2.34. The van der Waals surface area contributed by atoms with Crippen LogP contribution in [0.1, 0.15) is 29.1 Å². The first-order valence-electron chi connectivity index (χ1n) is 8.92. The predicted octanol–water partition coefficient (Wildman–Crippen LogP) is 2.52. The minimum atomic E-state index is -3.59. The number of benzene rings is 1. The quantitative estimate of drug-likeness (QED) is 0.797. The lowest BCUT2D eigenvalue weighted by atomic mass is 10.2. The summed E-state index contributed by atoms with van der Waals surface area (Å²) in [6, 6.07) is 10.1. The third kappa shape index (κ3) is 4.95. The molecule has 0 saturated carbocycles. The van der Waals surface area contributed by atoms with Crippen molar-refractivity contribution in [3.05, 3.63) is 52.2 Å². The van der Waals surface area contributed by atoms with Crippen molar-refractivity contribution in [2.24, 2.45) is 0 Å². The summed E-state index contributed by atoms with van der Waals surface area (Å²) in [6.45, 7) is 4.93. The molecule has 1 aliphatic heterocycles. The Morgan fingerprint density at radius 1 is 1.19 bits per heavy atom. The van der Waals surface area contributed by atoms with Crippen LogP contribution in [-0.4, -0.2) is 50.5 Å². The second-order valence-electron chi connectivity index (χ2n) is 6.69. The molecule has 6 nitrogen and oxygen atoms in total. The second-order valence-corrected chi connectivity index (χ2v) is 9.66. The molecule has 2 atom stereocenters. The van der Waals surface area contributed by atoms with Crippen molar-refractivity contribution in [1.29, 1.82) is 0 Å². The smallest absolute Gasteiger partial charge is 0.251 e. The average molecular weight is 409 g/mol. The summed E-state index contributed by atoms with van der Waals surface area (Å²) >= 11 is 1.66. The van der Waals surface area contributed by atoms with Gasteiger partial charge in [0.05, 0.1) is 17.1 Å². The molecule has 27 heavy (non-hydrogen) atoms. The van der Waals surface area contributed by atoms with Crippen LogP contribution in [0.2, 0.25) is 0 Å². The van der Waals surface area contributed by atoms with Gasteiger partial charge in [0, 0.05) is 30.1 Å². The van der Waals surface area contributed by atoms with Gasteiger partial charge in [0.25, 0.3) is 5.91 Å². The summed E-state index contributed by atoms with van der Waals surface area (Å²) in [4.78, 5) is 13.6. The lowest BCUT2D eigenvalue weighted by Crippen LogP contribution is -2.48. The zero-order valence-corrected chi connectivity index (χ0v) is 17.1. The summed E-state index contributed by atoms with van der Waals surface area (Å²) in [6.07, 6.45) is 0.498. The maximum Gasteiger partial charge on any atom is 0.251 e. The van der Waals surface area contributed by atoms with E-state index < -0.39 is 10.0 Å². The number of hydrogen-bond acceptors (Lipinski definition) is 5. The first-order chi connectivity index (χ1) is 12.9. The van der Waals surface area contributed by atoms with E-state index in [-0.39, 0.29) is 23.0 Å². The summed E-state index contributed by atoms with van der Waals surface area (Å²) in [5, 5.41) is 4.87. The molecule has 2 heterocycles. The van der Waals surface area contributed by atoms with Crippen molar-refractivity contribution in [2.45, 2.75) is 37.4 Å². The number of thiophene rings is 1. The zero-order valence-electron chi connectivity index (χ0n) is 15.4. The van der Waals surface area contributed by atoms with Crippen LogP contribution in [0.4, 0.5) is 0 Å². The summed E-state index contributed by atoms with van der Waals surface area (Å²) < 4.78 is 32.7. The molecule has 0 aliphatic carbocycles. The SMILES string of the molecule is C[C@@H]1CN(S(=O)(=O)c2ccc(C(=O)NCCc3cccs3)cc2)C[C@H](C)O1. The number of hydrogen-bond donors (Lipinski definition) is 1. The number of nitrogens with one attached hydrogen (secondary N) is 1. The highest BCUT2D eigenvalue weighted by Gasteiger charge is 2.32. The van der Waals surface area contributed by atoms with E-state index in [1.807, 2.05) is 31.4 Å². The maximum absolute atomic E-state index is 12.8. The number of carbonyl (C=O) groups excluding carboxylic acids is 1. The summed E-state index contributed by atoms with van der Waals surface area (Å²) in [5.74, 6) is -0.205. The van der Waals surface area contributed by atoms with E-state index in [1.165, 1.54) is 21.3 Å². The van der Waals surface area contributed by atoms with E-state index in [0.717, 1.165) is 6.42 Å². The molecule has 2 aromatic rings.